The van der Waals surface area contributed by atoms with Crippen LogP contribution in [-0.4, -0.2) is 70.8 Å². The van der Waals surface area contributed by atoms with Crippen molar-refractivity contribution in [1.29, 1.82) is 0 Å². The molecule has 160 valence electrons. The van der Waals surface area contributed by atoms with Gasteiger partial charge in [-0.05, 0) is 45.3 Å². The second-order valence-electron chi connectivity index (χ2n) is 7.59. The molecular weight excluding hydrogens is 372 g/mol. The molecule has 28 heavy (non-hydrogen) atoms. The average Bonchev–Trinajstić information content (AvgIpc) is 3.06. The highest BCUT2D eigenvalue weighted by molar-refractivity contribution is 7.98. The molecule has 1 aromatic heterocycles. The van der Waals surface area contributed by atoms with Gasteiger partial charge in [0.2, 0.25) is 0 Å². The summed E-state index contributed by atoms with van der Waals surface area (Å²) in [5.41, 5.74) is 0. The fraction of sp³-hybridized carbons (Fsp3) is 0.850. The Morgan fingerprint density at radius 3 is 2.64 bits per heavy atom. The predicted octanol–water partition coefficient (Wildman–Crippen LogP) is 3.06. The maximum atomic E-state index is 5.76. The third-order valence-electron chi connectivity index (χ3n) is 4.82. The number of piperidine rings is 1. The van der Waals surface area contributed by atoms with Gasteiger partial charge in [0.1, 0.15) is 5.82 Å². The number of thioether (sulfide) groups is 1. The maximum Gasteiger partial charge on any atom is 0.193 e. The summed E-state index contributed by atoms with van der Waals surface area (Å²) in [4.78, 5) is 7.24. The van der Waals surface area contributed by atoms with Crippen LogP contribution in [0.4, 0.5) is 0 Å². The Morgan fingerprint density at radius 1 is 1.29 bits per heavy atom. The minimum absolute atomic E-state index is 0.405. The smallest absolute Gasteiger partial charge is 0.193 e. The fourth-order valence-corrected chi connectivity index (χ4v) is 4.04. The zero-order valence-corrected chi connectivity index (χ0v) is 19.1. The molecule has 1 aliphatic rings. The number of guanidine groups is 1. The van der Waals surface area contributed by atoms with Gasteiger partial charge in [-0.3, -0.25) is 4.99 Å². The van der Waals surface area contributed by atoms with E-state index in [1.54, 1.807) is 11.8 Å². The van der Waals surface area contributed by atoms with Gasteiger partial charge in [-0.15, -0.1) is 10.2 Å². The van der Waals surface area contributed by atoms with Gasteiger partial charge in [-0.25, -0.2) is 0 Å². The van der Waals surface area contributed by atoms with Crippen LogP contribution in [0, 0.1) is 5.92 Å². The lowest BCUT2D eigenvalue weighted by Crippen LogP contribution is -2.47. The van der Waals surface area contributed by atoms with Crippen LogP contribution in [0.3, 0.4) is 0 Å². The summed E-state index contributed by atoms with van der Waals surface area (Å²) in [7, 11) is 0. The number of hydrogen-bond donors (Lipinski definition) is 1. The number of nitrogens with one attached hydrogen (secondary N) is 1. The van der Waals surface area contributed by atoms with Crippen LogP contribution in [0.25, 0.3) is 0 Å². The average molecular weight is 411 g/mol. The molecule has 0 aliphatic carbocycles. The van der Waals surface area contributed by atoms with E-state index < -0.39 is 0 Å². The van der Waals surface area contributed by atoms with E-state index in [4.69, 9.17) is 9.73 Å². The Hall–Kier alpha value is -1.28. The van der Waals surface area contributed by atoms with Gasteiger partial charge in [0.05, 0.1) is 6.10 Å². The van der Waals surface area contributed by atoms with Crippen LogP contribution in [-0.2, 0) is 17.7 Å². The van der Waals surface area contributed by atoms with Crippen LogP contribution in [0.1, 0.15) is 52.8 Å². The molecule has 1 saturated heterocycles. The van der Waals surface area contributed by atoms with Gasteiger partial charge in [-0.2, -0.15) is 0 Å². The molecular formula is C20H38N6OS. The Morgan fingerprint density at radius 2 is 2.04 bits per heavy atom. The van der Waals surface area contributed by atoms with E-state index in [9.17, 15) is 0 Å². The molecule has 1 N–H and O–H groups in total. The monoisotopic (exact) mass is 410 g/mol. The van der Waals surface area contributed by atoms with E-state index in [0.717, 1.165) is 82.0 Å². The number of aryl methyl sites for hydroxylation is 1. The second-order valence-corrected chi connectivity index (χ2v) is 8.36. The zero-order valence-electron chi connectivity index (χ0n) is 18.3. The van der Waals surface area contributed by atoms with Crippen molar-refractivity contribution in [3.05, 3.63) is 5.82 Å². The largest absolute Gasteiger partial charge is 0.378 e. The topological polar surface area (TPSA) is 67.6 Å². The van der Waals surface area contributed by atoms with Crippen LogP contribution >= 0.6 is 11.8 Å². The number of hydrogen-bond acceptors (Lipinski definition) is 5. The number of rotatable bonds is 10. The lowest BCUT2D eigenvalue weighted by molar-refractivity contribution is 0.0264. The van der Waals surface area contributed by atoms with E-state index in [-0.39, 0.29) is 0 Å². The minimum atomic E-state index is 0.405. The number of nitrogens with zero attached hydrogens (tertiary/aromatic N) is 5. The van der Waals surface area contributed by atoms with Crippen LogP contribution in [0.2, 0.25) is 0 Å². The van der Waals surface area contributed by atoms with Crippen molar-refractivity contribution in [2.45, 2.75) is 71.2 Å². The molecule has 2 rings (SSSR count). The first-order chi connectivity index (χ1) is 13.6. The molecule has 0 saturated carbocycles. The van der Waals surface area contributed by atoms with Gasteiger partial charge in [0.15, 0.2) is 11.1 Å². The Bertz CT molecular complexity index is 596. The molecule has 1 aromatic rings. The SMILES string of the molecule is CCNC(=NCCCc1nnc(SC)n1CC(C)C)N1CCC(OCC)CC1. The molecule has 0 bridgehead atoms. The molecule has 1 fully saturated rings. The molecule has 1 aliphatic heterocycles. The number of ether oxygens (including phenoxy) is 1. The van der Waals surface area contributed by atoms with Gasteiger partial charge in [0.25, 0.3) is 0 Å². The molecule has 2 heterocycles. The first-order valence-electron chi connectivity index (χ1n) is 10.7. The van der Waals surface area contributed by atoms with Gasteiger partial charge >= 0.3 is 0 Å². The van der Waals surface area contributed by atoms with E-state index >= 15 is 0 Å². The quantitative estimate of drug-likeness (QED) is 0.277. The number of aromatic nitrogens is 3. The molecule has 0 radical (unpaired) electrons. The van der Waals surface area contributed by atoms with Crippen molar-refractivity contribution in [3.63, 3.8) is 0 Å². The lowest BCUT2D eigenvalue weighted by atomic mass is 10.1. The van der Waals surface area contributed by atoms with E-state index in [2.05, 4.69) is 58.9 Å². The summed E-state index contributed by atoms with van der Waals surface area (Å²) in [5.74, 6) is 2.69. The summed E-state index contributed by atoms with van der Waals surface area (Å²) in [6.45, 7) is 14.2. The van der Waals surface area contributed by atoms with E-state index in [1.165, 1.54) is 0 Å². The molecule has 0 atom stereocenters. The summed E-state index contributed by atoms with van der Waals surface area (Å²) in [5, 5.41) is 13.2. The predicted molar refractivity (Wildman–Crippen MR) is 117 cm³/mol. The normalized spacial score (nSPS) is 16.2. The highest BCUT2D eigenvalue weighted by Gasteiger charge is 2.21. The number of aliphatic imine (C=N–C) groups is 1. The van der Waals surface area contributed by atoms with Gasteiger partial charge < -0.3 is 19.5 Å². The Kier molecular flexibility index (Phi) is 10.1. The van der Waals surface area contributed by atoms with Crippen molar-refractivity contribution in [2.24, 2.45) is 10.9 Å². The lowest BCUT2D eigenvalue weighted by Gasteiger charge is -2.34. The third-order valence-corrected chi connectivity index (χ3v) is 5.49. The standard InChI is InChI=1S/C20H38N6OS/c1-6-21-19(25-13-10-17(11-14-25)27-7-2)22-12-8-9-18-23-24-20(28-5)26(18)15-16(3)4/h16-17H,6-15H2,1-5H3,(H,21,22). The van der Waals surface area contributed by atoms with E-state index in [0.29, 0.717) is 12.0 Å². The Balaban J connectivity index is 1.88. The number of likely N-dealkylation sites (tertiary alicyclic amines) is 1. The summed E-state index contributed by atoms with van der Waals surface area (Å²) in [6.07, 6.45) is 6.51. The van der Waals surface area contributed by atoms with Crippen molar-refractivity contribution < 1.29 is 4.74 Å². The van der Waals surface area contributed by atoms with E-state index in [1.807, 2.05) is 0 Å². The van der Waals surface area contributed by atoms with Crippen LogP contribution in [0.5, 0.6) is 0 Å². The maximum absolute atomic E-state index is 5.76. The fourth-order valence-electron chi connectivity index (χ4n) is 3.52. The summed E-state index contributed by atoms with van der Waals surface area (Å²) >= 11 is 1.67. The van der Waals surface area contributed by atoms with Crippen molar-refractivity contribution in [2.75, 3.05) is 39.0 Å². The summed E-state index contributed by atoms with van der Waals surface area (Å²) < 4.78 is 8.03. The molecule has 0 amide bonds. The van der Waals surface area contributed by atoms with Crippen LogP contribution < -0.4 is 5.32 Å². The van der Waals surface area contributed by atoms with Crippen molar-refractivity contribution >= 4 is 17.7 Å². The Labute approximate surface area is 174 Å². The highest BCUT2D eigenvalue weighted by atomic mass is 32.2. The van der Waals surface area contributed by atoms with Gasteiger partial charge in [0, 0.05) is 45.8 Å². The zero-order chi connectivity index (χ0) is 20.4. The minimum Gasteiger partial charge on any atom is -0.378 e. The first kappa shape index (κ1) is 23.0. The molecule has 0 aromatic carbocycles. The third kappa shape index (κ3) is 6.95. The summed E-state index contributed by atoms with van der Waals surface area (Å²) in [6, 6.07) is 0. The first-order valence-corrected chi connectivity index (χ1v) is 11.9. The highest BCUT2D eigenvalue weighted by Crippen LogP contribution is 2.17. The second kappa shape index (κ2) is 12.3. The van der Waals surface area contributed by atoms with Crippen LogP contribution in [0.15, 0.2) is 10.1 Å². The molecule has 7 nitrogen and oxygen atoms in total. The van der Waals surface area contributed by atoms with Gasteiger partial charge in [-0.1, -0.05) is 25.6 Å². The van der Waals surface area contributed by atoms with Crippen molar-refractivity contribution in [3.8, 4) is 0 Å². The molecule has 8 heteroatoms. The van der Waals surface area contributed by atoms with Crippen molar-refractivity contribution in [1.82, 2.24) is 25.0 Å². The molecule has 0 spiro atoms. The molecule has 0 unspecified atom stereocenters.